The molecule has 7 nitrogen and oxygen atoms in total. The van der Waals surface area contributed by atoms with Gasteiger partial charge in [0.15, 0.2) is 5.78 Å². The number of piperidine rings is 1. The molecule has 1 aromatic heterocycles. The normalized spacial score (nSPS) is 17.0. The van der Waals surface area contributed by atoms with Crippen molar-refractivity contribution in [3.63, 3.8) is 0 Å². The predicted octanol–water partition coefficient (Wildman–Crippen LogP) is 5.00. The zero-order valence-corrected chi connectivity index (χ0v) is 21.4. The van der Waals surface area contributed by atoms with Crippen molar-refractivity contribution in [2.24, 2.45) is 0 Å². The van der Waals surface area contributed by atoms with E-state index in [1.54, 1.807) is 31.6 Å². The Morgan fingerprint density at radius 3 is 2.42 bits per heavy atom. The summed E-state index contributed by atoms with van der Waals surface area (Å²) in [6, 6.07) is 13.1. The number of benzene rings is 2. The molecule has 0 saturated carbocycles. The Morgan fingerprint density at radius 1 is 1.03 bits per heavy atom. The fourth-order valence-corrected chi connectivity index (χ4v) is 4.97. The number of carbonyl (C=O) groups excluding carboxylic acids is 2. The number of amides is 1. The highest BCUT2D eigenvalue weighted by Crippen LogP contribution is 2.41. The molecule has 0 N–H and O–H groups in total. The van der Waals surface area contributed by atoms with Crippen LogP contribution in [0.2, 0.25) is 0 Å². The van der Waals surface area contributed by atoms with Crippen LogP contribution in [0.5, 0.6) is 17.2 Å². The number of fused-ring (bicyclic) bond motifs is 2. The topological polar surface area (TPSA) is 78.0 Å². The summed E-state index contributed by atoms with van der Waals surface area (Å²) in [5.41, 5.74) is 1.81. The Hall–Kier alpha value is -3.61. The van der Waals surface area contributed by atoms with Crippen LogP contribution in [0.3, 0.4) is 0 Å². The maximum atomic E-state index is 13.4. The van der Waals surface area contributed by atoms with E-state index in [4.69, 9.17) is 14.2 Å². The molecule has 1 fully saturated rings. The van der Waals surface area contributed by atoms with Crippen LogP contribution < -0.4 is 14.2 Å². The van der Waals surface area contributed by atoms with Gasteiger partial charge in [0.25, 0.3) is 5.91 Å². The molecule has 1 saturated heterocycles. The fourth-order valence-electron chi connectivity index (χ4n) is 4.97. The number of methoxy groups -OCH3 is 2. The molecule has 0 aliphatic carbocycles. The summed E-state index contributed by atoms with van der Waals surface area (Å²) in [4.78, 5) is 32.9. The number of pyridine rings is 1. The third-order valence-corrected chi connectivity index (χ3v) is 7.14. The maximum Gasteiger partial charge on any atom is 0.272 e. The molecule has 0 atom stereocenters. The lowest BCUT2D eigenvalue weighted by atomic mass is 9.80. The second-order valence-corrected chi connectivity index (χ2v) is 10.5. The lowest BCUT2D eigenvalue weighted by Crippen LogP contribution is -2.52. The van der Waals surface area contributed by atoms with Gasteiger partial charge in [-0.2, -0.15) is 0 Å². The number of para-hydroxylation sites is 1. The number of rotatable bonds is 3. The van der Waals surface area contributed by atoms with Gasteiger partial charge in [0.1, 0.15) is 34.1 Å². The summed E-state index contributed by atoms with van der Waals surface area (Å²) >= 11 is 0. The number of ether oxygens (including phenoxy) is 3. The van der Waals surface area contributed by atoms with E-state index in [1.165, 1.54) is 0 Å². The van der Waals surface area contributed by atoms with Gasteiger partial charge in [0.2, 0.25) is 0 Å². The summed E-state index contributed by atoms with van der Waals surface area (Å²) in [7, 11) is 3.15. The van der Waals surface area contributed by atoms with Crippen molar-refractivity contribution in [3.05, 3.63) is 65.7 Å². The number of carbonyl (C=O) groups is 2. The van der Waals surface area contributed by atoms with E-state index in [1.807, 2.05) is 36.4 Å². The summed E-state index contributed by atoms with van der Waals surface area (Å²) in [6.45, 7) is 7.27. The average Bonchev–Trinajstić information content (AvgIpc) is 2.87. The number of nitrogens with zero attached hydrogens (tertiary/aromatic N) is 2. The van der Waals surface area contributed by atoms with Gasteiger partial charge in [0, 0.05) is 37.4 Å². The number of Topliss-reactive ketones (excluding diaryl/α,β-unsaturated/α-hetero) is 1. The standard InChI is InChI=1S/C29H31N2O5/c1-28(2,3)18-9-10-23-20(15-18)22(32)17-29(36-23)11-13-31(14-12-29)27(33)21-16-25(35-5)19-7-6-8-24(34-4)26(19)30-21/h6-10,15-17H,11-14H2,1-5H3. The Balaban J connectivity index is 1.36. The molecule has 1 radical (unpaired) electrons. The fraction of sp³-hybridized carbons (Fsp3) is 0.379. The van der Waals surface area contributed by atoms with Crippen LogP contribution in [0.1, 0.15) is 60.0 Å². The summed E-state index contributed by atoms with van der Waals surface area (Å²) < 4.78 is 17.4. The average molecular weight is 488 g/mol. The number of likely N-dealkylation sites (tertiary alicyclic amines) is 1. The lowest BCUT2D eigenvalue weighted by Gasteiger charge is -2.43. The first-order valence-electron chi connectivity index (χ1n) is 12.2. The van der Waals surface area contributed by atoms with Gasteiger partial charge in [-0.1, -0.05) is 32.9 Å². The molecule has 5 rings (SSSR count). The first-order valence-corrected chi connectivity index (χ1v) is 12.2. The molecule has 7 heteroatoms. The van der Waals surface area contributed by atoms with Crippen molar-refractivity contribution in [2.75, 3.05) is 27.3 Å². The zero-order chi connectivity index (χ0) is 25.7. The van der Waals surface area contributed by atoms with Crippen molar-refractivity contribution in [1.29, 1.82) is 0 Å². The number of aromatic nitrogens is 1. The first kappa shape index (κ1) is 24.1. The van der Waals surface area contributed by atoms with E-state index >= 15 is 0 Å². The predicted molar refractivity (Wildman–Crippen MR) is 137 cm³/mol. The molecule has 1 spiro atoms. The van der Waals surface area contributed by atoms with Crippen molar-refractivity contribution in [1.82, 2.24) is 9.88 Å². The minimum Gasteiger partial charge on any atom is -0.496 e. The molecular weight excluding hydrogens is 456 g/mol. The van der Waals surface area contributed by atoms with E-state index in [2.05, 4.69) is 25.8 Å². The van der Waals surface area contributed by atoms with E-state index in [9.17, 15) is 9.59 Å². The minimum atomic E-state index is -0.707. The molecule has 0 unspecified atom stereocenters. The highest BCUT2D eigenvalue weighted by Gasteiger charge is 2.44. The SMILES string of the molecule is COc1cc(C(=O)N2CCC3([CH]C(=O)c4cc(C(C)(C)C)ccc4O3)CC2)nc2c(OC)cccc12. The monoisotopic (exact) mass is 487 g/mol. The number of ketones is 1. The smallest absolute Gasteiger partial charge is 0.272 e. The molecule has 2 aromatic carbocycles. The molecule has 187 valence electrons. The molecule has 2 aliphatic rings. The van der Waals surface area contributed by atoms with Gasteiger partial charge in [-0.3, -0.25) is 9.59 Å². The van der Waals surface area contributed by atoms with Gasteiger partial charge >= 0.3 is 0 Å². The van der Waals surface area contributed by atoms with E-state index in [-0.39, 0.29) is 17.1 Å². The van der Waals surface area contributed by atoms with Gasteiger partial charge in [0.05, 0.1) is 26.2 Å². The van der Waals surface area contributed by atoms with Crippen LogP contribution in [0, 0.1) is 6.42 Å². The highest BCUT2D eigenvalue weighted by atomic mass is 16.5. The number of hydrogen-bond donors (Lipinski definition) is 0. The van der Waals surface area contributed by atoms with Crippen LogP contribution >= 0.6 is 0 Å². The second kappa shape index (κ2) is 8.80. The molecule has 0 bridgehead atoms. The molecule has 36 heavy (non-hydrogen) atoms. The van der Waals surface area contributed by atoms with Crippen LogP contribution in [0.4, 0.5) is 0 Å². The summed E-state index contributed by atoms with van der Waals surface area (Å²) in [5.74, 6) is 1.55. The Morgan fingerprint density at radius 2 is 1.75 bits per heavy atom. The Kier molecular flexibility index (Phi) is 5.89. The van der Waals surface area contributed by atoms with Gasteiger partial charge in [-0.05, 0) is 35.2 Å². The second-order valence-electron chi connectivity index (χ2n) is 10.5. The molecular formula is C29H31N2O5. The summed E-state index contributed by atoms with van der Waals surface area (Å²) in [6.07, 6.45) is 2.75. The molecule has 3 heterocycles. The third kappa shape index (κ3) is 4.16. The highest BCUT2D eigenvalue weighted by molar-refractivity contribution is 6.07. The Bertz CT molecular complexity index is 1350. The number of hydrogen-bond acceptors (Lipinski definition) is 6. The van der Waals surface area contributed by atoms with Crippen LogP contribution in [0.25, 0.3) is 10.9 Å². The van der Waals surface area contributed by atoms with Gasteiger partial charge in [-0.15, -0.1) is 0 Å². The van der Waals surface area contributed by atoms with Crippen LogP contribution in [-0.2, 0) is 5.41 Å². The third-order valence-electron chi connectivity index (χ3n) is 7.14. The van der Waals surface area contributed by atoms with Gasteiger partial charge in [-0.25, -0.2) is 4.98 Å². The Labute approximate surface area is 211 Å². The van der Waals surface area contributed by atoms with Crippen molar-refractivity contribution in [3.8, 4) is 17.2 Å². The first-order chi connectivity index (χ1) is 17.1. The van der Waals surface area contributed by atoms with Crippen molar-refractivity contribution < 1.29 is 23.8 Å². The summed E-state index contributed by atoms with van der Waals surface area (Å²) in [5, 5.41) is 0.781. The quantitative estimate of drug-likeness (QED) is 0.517. The van der Waals surface area contributed by atoms with Crippen molar-refractivity contribution in [2.45, 2.75) is 44.6 Å². The van der Waals surface area contributed by atoms with Crippen LogP contribution in [0.15, 0.2) is 42.5 Å². The molecule has 3 aromatic rings. The molecule has 2 aliphatic heterocycles. The lowest BCUT2D eigenvalue weighted by molar-refractivity contribution is 0.0190. The largest absolute Gasteiger partial charge is 0.496 e. The zero-order valence-electron chi connectivity index (χ0n) is 21.4. The van der Waals surface area contributed by atoms with E-state index < -0.39 is 5.60 Å². The van der Waals surface area contributed by atoms with Crippen LogP contribution in [-0.4, -0.2) is 54.5 Å². The maximum absolute atomic E-state index is 13.4. The van der Waals surface area contributed by atoms with E-state index in [0.29, 0.717) is 60.0 Å². The van der Waals surface area contributed by atoms with Crippen molar-refractivity contribution >= 4 is 22.6 Å². The van der Waals surface area contributed by atoms with E-state index in [0.717, 1.165) is 10.9 Å². The molecule has 1 amide bonds. The van der Waals surface area contributed by atoms with Gasteiger partial charge < -0.3 is 19.1 Å². The minimum absolute atomic E-state index is 0.0184.